The van der Waals surface area contributed by atoms with Crippen molar-refractivity contribution in [1.29, 1.82) is 0 Å². The molecule has 1 aromatic heterocycles. The van der Waals surface area contributed by atoms with E-state index >= 15 is 0 Å². The van der Waals surface area contributed by atoms with Crippen LogP contribution in [0.15, 0.2) is 28.7 Å². The summed E-state index contributed by atoms with van der Waals surface area (Å²) in [4.78, 5) is 0. The Morgan fingerprint density at radius 1 is 1.24 bits per heavy atom. The van der Waals surface area contributed by atoms with E-state index in [1.165, 1.54) is 0 Å². The zero-order valence-corrected chi connectivity index (χ0v) is 13.8. The molecular weight excluding hydrogens is 286 g/mol. The van der Waals surface area contributed by atoms with Gasteiger partial charge in [0.2, 0.25) is 0 Å². The molecule has 0 spiro atoms. The molecule has 2 rings (SSSR count). The Hall–Kier alpha value is -1.45. The first-order chi connectivity index (χ1) is 10.0. The third kappa shape index (κ3) is 4.02. The number of rotatable bonds is 6. The average Bonchev–Trinajstić information content (AvgIpc) is 2.85. The summed E-state index contributed by atoms with van der Waals surface area (Å²) < 4.78 is 11.6. The highest BCUT2D eigenvalue weighted by atomic mass is 35.5. The van der Waals surface area contributed by atoms with Crippen LogP contribution >= 0.6 is 11.6 Å². The smallest absolute Gasteiger partial charge is 0.146 e. The number of aryl methyl sites for hydroxylation is 1. The topological polar surface area (TPSA) is 34.4 Å². The molecule has 0 amide bonds. The van der Waals surface area contributed by atoms with E-state index in [2.05, 4.69) is 19.2 Å². The summed E-state index contributed by atoms with van der Waals surface area (Å²) in [6.45, 7) is 7.38. The third-order valence-electron chi connectivity index (χ3n) is 3.35. The molecule has 2 aromatic rings. The fraction of sp³-hybridized carbons (Fsp3) is 0.412. The first kappa shape index (κ1) is 15.9. The van der Waals surface area contributed by atoms with Gasteiger partial charge in [0, 0.05) is 5.02 Å². The van der Waals surface area contributed by atoms with Crippen LogP contribution in [-0.2, 0) is 13.2 Å². The first-order valence-corrected chi connectivity index (χ1v) is 7.54. The third-order valence-corrected chi connectivity index (χ3v) is 3.68. The van der Waals surface area contributed by atoms with Gasteiger partial charge in [0.15, 0.2) is 0 Å². The second kappa shape index (κ2) is 7.01. The van der Waals surface area contributed by atoms with Crippen molar-refractivity contribution in [2.24, 2.45) is 0 Å². The van der Waals surface area contributed by atoms with Crippen molar-refractivity contribution in [1.82, 2.24) is 5.32 Å². The molecule has 0 aliphatic heterocycles. The molecule has 1 heterocycles. The molecule has 0 unspecified atom stereocenters. The molecule has 1 aromatic carbocycles. The quantitative estimate of drug-likeness (QED) is 0.842. The van der Waals surface area contributed by atoms with Crippen LogP contribution in [-0.4, -0.2) is 7.05 Å². The molecular formula is C17H22ClNO2. The number of hydrogen-bond acceptors (Lipinski definition) is 3. The van der Waals surface area contributed by atoms with Crippen LogP contribution in [0.25, 0.3) is 0 Å². The maximum absolute atomic E-state index is 6.27. The van der Waals surface area contributed by atoms with Crippen LogP contribution in [0.1, 0.15) is 42.4 Å². The van der Waals surface area contributed by atoms with E-state index in [-0.39, 0.29) is 0 Å². The van der Waals surface area contributed by atoms with Crippen molar-refractivity contribution in [3.8, 4) is 5.75 Å². The normalized spacial score (nSPS) is 11.1. The fourth-order valence-electron chi connectivity index (χ4n) is 2.18. The number of benzene rings is 1. The van der Waals surface area contributed by atoms with Gasteiger partial charge >= 0.3 is 0 Å². The van der Waals surface area contributed by atoms with Gasteiger partial charge in [-0.15, -0.1) is 0 Å². The van der Waals surface area contributed by atoms with Crippen LogP contribution in [0, 0.1) is 6.92 Å². The van der Waals surface area contributed by atoms with Gasteiger partial charge in [0.1, 0.15) is 23.9 Å². The molecule has 114 valence electrons. The summed E-state index contributed by atoms with van der Waals surface area (Å²) in [5, 5.41) is 3.85. The number of ether oxygens (including phenoxy) is 1. The van der Waals surface area contributed by atoms with Crippen molar-refractivity contribution in [2.45, 2.75) is 39.8 Å². The molecule has 4 heteroatoms. The minimum absolute atomic E-state index is 0.367. The Labute approximate surface area is 131 Å². The molecule has 0 saturated carbocycles. The summed E-state index contributed by atoms with van der Waals surface area (Å²) in [5.41, 5.74) is 2.14. The van der Waals surface area contributed by atoms with Gasteiger partial charge in [-0.25, -0.2) is 0 Å². The number of furan rings is 1. The van der Waals surface area contributed by atoms with E-state index in [1.807, 2.05) is 38.2 Å². The maximum Gasteiger partial charge on any atom is 0.146 e. The highest BCUT2D eigenvalue weighted by Crippen LogP contribution is 2.31. The second-order valence-corrected chi connectivity index (χ2v) is 5.89. The van der Waals surface area contributed by atoms with Crippen molar-refractivity contribution < 1.29 is 9.15 Å². The van der Waals surface area contributed by atoms with Crippen molar-refractivity contribution in [3.63, 3.8) is 0 Å². The van der Waals surface area contributed by atoms with Gasteiger partial charge in [-0.2, -0.15) is 0 Å². The highest BCUT2D eigenvalue weighted by molar-refractivity contribution is 6.31. The van der Waals surface area contributed by atoms with E-state index in [0.717, 1.165) is 40.0 Å². The standard InChI is InChI=1S/C17H22ClNO2/c1-11(2)15-8-17(12(3)7-16(15)18)20-10-14-6-5-13(21-14)9-19-4/h5-8,11,19H,9-10H2,1-4H3. The zero-order chi connectivity index (χ0) is 15.4. The lowest BCUT2D eigenvalue weighted by Crippen LogP contribution is -2.03. The van der Waals surface area contributed by atoms with Crippen LogP contribution in [0.3, 0.4) is 0 Å². The van der Waals surface area contributed by atoms with Crippen LogP contribution in [0.4, 0.5) is 0 Å². The molecule has 21 heavy (non-hydrogen) atoms. The SMILES string of the molecule is CNCc1ccc(COc2cc(C(C)C)c(Cl)cc2C)o1. The molecule has 0 saturated heterocycles. The van der Waals surface area contributed by atoms with Crippen LogP contribution in [0.2, 0.25) is 5.02 Å². The molecule has 0 bridgehead atoms. The van der Waals surface area contributed by atoms with E-state index in [9.17, 15) is 0 Å². The monoisotopic (exact) mass is 307 g/mol. The minimum atomic E-state index is 0.367. The largest absolute Gasteiger partial charge is 0.485 e. The van der Waals surface area contributed by atoms with Gasteiger partial charge in [-0.05, 0) is 55.3 Å². The number of halogens is 1. The van der Waals surface area contributed by atoms with E-state index < -0.39 is 0 Å². The molecule has 0 aliphatic rings. The molecule has 1 N–H and O–H groups in total. The van der Waals surface area contributed by atoms with E-state index in [4.69, 9.17) is 20.8 Å². The molecule has 0 fully saturated rings. The summed E-state index contributed by atoms with van der Waals surface area (Å²) in [5.74, 6) is 2.95. The van der Waals surface area contributed by atoms with Crippen LogP contribution in [0.5, 0.6) is 5.75 Å². The van der Waals surface area contributed by atoms with Crippen molar-refractivity contribution in [2.75, 3.05) is 7.05 Å². The fourth-order valence-corrected chi connectivity index (χ4v) is 2.62. The van der Waals surface area contributed by atoms with Gasteiger partial charge in [0.05, 0.1) is 6.54 Å². The first-order valence-electron chi connectivity index (χ1n) is 7.16. The Kier molecular flexibility index (Phi) is 5.32. The van der Waals surface area contributed by atoms with Crippen molar-refractivity contribution in [3.05, 3.63) is 51.9 Å². The summed E-state index contributed by atoms with van der Waals surface area (Å²) >= 11 is 6.27. The summed E-state index contributed by atoms with van der Waals surface area (Å²) in [6, 6.07) is 7.89. The zero-order valence-electron chi connectivity index (χ0n) is 13.0. The predicted octanol–water partition coefficient (Wildman–Crippen LogP) is 4.66. The number of nitrogens with one attached hydrogen (secondary N) is 1. The van der Waals surface area contributed by atoms with E-state index in [1.54, 1.807) is 0 Å². The van der Waals surface area contributed by atoms with Gasteiger partial charge in [-0.1, -0.05) is 25.4 Å². The summed E-state index contributed by atoms with van der Waals surface area (Å²) in [6.07, 6.45) is 0. The molecule has 0 aliphatic carbocycles. The average molecular weight is 308 g/mol. The van der Waals surface area contributed by atoms with Gasteiger partial charge in [0.25, 0.3) is 0 Å². The lowest BCUT2D eigenvalue weighted by Gasteiger charge is -2.14. The van der Waals surface area contributed by atoms with E-state index in [0.29, 0.717) is 12.5 Å². The number of hydrogen-bond donors (Lipinski definition) is 1. The van der Waals surface area contributed by atoms with Crippen molar-refractivity contribution >= 4 is 11.6 Å². The summed E-state index contributed by atoms with van der Waals surface area (Å²) in [7, 11) is 1.89. The Bertz CT molecular complexity index is 605. The minimum Gasteiger partial charge on any atom is -0.485 e. The predicted molar refractivity (Wildman–Crippen MR) is 86.1 cm³/mol. The Balaban J connectivity index is 2.10. The lowest BCUT2D eigenvalue weighted by molar-refractivity contribution is 0.263. The van der Waals surface area contributed by atoms with Gasteiger partial charge < -0.3 is 14.5 Å². The maximum atomic E-state index is 6.27. The Morgan fingerprint density at radius 3 is 2.62 bits per heavy atom. The molecule has 0 atom stereocenters. The highest BCUT2D eigenvalue weighted by Gasteiger charge is 2.11. The Morgan fingerprint density at radius 2 is 1.95 bits per heavy atom. The van der Waals surface area contributed by atoms with Crippen LogP contribution < -0.4 is 10.1 Å². The second-order valence-electron chi connectivity index (χ2n) is 5.48. The molecule has 3 nitrogen and oxygen atoms in total. The molecule has 0 radical (unpaired) electrons. The lowest BCUT2D eigenvalue weighted by atomic mass is 10.0. The van der Waals surface area contributed by atoms with Gasteiger partial charge in [-0.3, -0.25) is 0 Å².